The van der Waals surface area contributed by atoms with Crippen LogP contribution in [0.4, 0.5) is 0 Å². The van der Waals surface area contributed by atoms with Crippen molar-refractivity contribution >= 4 is 11.9 Å². The molecule has 5 saturated heterocycles. The minimum atomic E-state index is -1.82. The van der Waals surface area contributed by atoms with Crippen LogP contribution in [0.3, 0.4) is 0 Å². The highest BCUT2D eigenvalue weighted by atomic mass is 16.8. The molecule has 0 bridgehead atoms. The van der Waals surface area contributed by atoms with Gasteiger partial charge in [0.15, 0.2) is 30.8 Å². The summed E-state index contributed by atoms with van der Waals surface area (Å²) in [5.41, 5.74) is 1.51. The van der Waals surface area contributed by atoms with E-state index < -0.39 is 122 Å². The number of ether oxygens (including phenoxy) is 9. The number of carbonyl (C=O) groups excluding carboxylic acids is 1. The maximum Gasteiger partial charge on any atom is 0.306 e. The first kappa shape index (κ1) is 52.9. The average molecular weight is 997 g/mol. The Hall–Kier alpha value is -1.92. The van der Waals surface area contributed by atoms with Crippen molar-refractivity contribution in [1.29, 1.82) is 0 Å². The topological polar surface area (TPSA) is 279 Å². The first-order chi connectivity index (χ1) is 33.1. The molecule has 0 aromatic carbocycles. The molecule has 5 aliphatic heterocycles. The lowest BCUT2D eigenvalue weighted by molar-refractivity contribution is -0.383. The van der Waals surface area contributed by atoms with Gasteiger partial charge in [0.05, 0.1) is 37.6 Å². The number of fused-ring (bicyclic) bond motifs is 7. The first-order valence-electron chi connectivity index (χ1n) is 26.1. The number of esters is 1. The van der Waals surface area contributed by atoms with E-state index in [2.05, 4.69) is 33.8 Å². The Bertz CT molecular complexity index is 1890. The Morgan fingerprint density at radius 1 is 0.757 bits per heavy atom. The van der Waals surface area contributed by atoms with Gasteiger partial charge >= 0.3 is 11.9 Å². The number of carboxylic acids is 1. The number of allylic oxidation sites excluding steroid dienone is 1. The highest BCUT2D eigenvalue weighted by Crippen LogP contribution is 2.70. The second-order valence-corrected chi connectivity index (χ2v) is 23.4. The Morgan fingerprint density at radius 2 is 1.41 bits per heavy atom. The molecular formula is C51H80O19. The third-order valence-corrected chi connectivity index (χ3v) is 18.9. The van der Waals surface area contributed by atoms with Crippen molar-refractivity contribution in [3.63, 3.8) is 0 Å². The van der Waals surface area contributed by atoms with Gasteiger partial charge < -0.3 is 83.5 Å². The maximum atomic E-state index is 12.5. The number of aliphatic hydroxyl groups excluding tert-OH is 7. The predicted octanol–water partition coefficient (Wildman–Crippen LogP) is 2.29. The zero-order valence-electron chi connectivity index (χ0n) is 41.7. The summed E-state index contributed by atoms with van der Waals surface area (Å²) in [5.74, 6) is 0.163. The van der Waals surface area contributed by atoms with Gasteiger partial charge in [0, 0.05) is 25.2 Å². The minimum absolute atomic E-state index is 0.0254. The molecule has 0 aromatic rings. The highest BCUT2D eigenvalue weighted by Gasteiger charge is 2.69. The van der Waals surface area contributed by atoms with Crippen LogP contribution in [-0.2, 0) is 52.2 Å². The third kappa shape index (κ3) is 9.45. The zero-order valence-corrected chi connectivity index (χ0v) is 41.7. The second-order valence-electron chi connectivity index (χ2n) is 23.4. The second kappa shape index (κ2) is 20.3. The van der Waals surface area contributed by atoms with E-state index in [1.165, 1.54) is 19.4 Å². The summed E-state index contributed by atoms with van der Waals surface area (Å²) in [6, 6.07) is 0. The summed E-state index contributed by atoms with van der Waals surface area (Å²) in [7, 11) is 0. The summed E-state index contributed by atoms with van der Waals surface area (Å²) in [5, 5.41) is 86.5. The molecule has 9 rings (SSSR count). The van der Waals surface area contributed by atoms with Gasteiger partial charge in [-0.2, -0.15) is 0 Å². The standard InChI is InChI=1S/C51H80O19/c1-22-10-15-51(62-21-22)24(3)36-32(70-51)19-31-29-9-8-27-18-28(11-13-49(27,6)30(29)12-14-50(31,36)7)65-48-45(38(57)37(56)33(20-52)66-48)69-47-42(61)40(59)44(26(5)64-47)68-46-41(60)39(58)43(25(4)63-46)67-35(55)17-23(2)16-34(53)54/h8,22-26,28-33,36-48,52,56-61H,9-21H2,1-7H3,(H,53,54). The molecule has 8 fully saturated rings. The molecule has 398 valence electrons. The molecule has 4 aliphatic carbocycles. The molecule has 27 atom stereocenters. The van der Waals surface area contributed by atoms with Gasteiger partial charge in [-0.25, -0.2) is 0 Å². The van der Waals surface area contributed by atoms with Gasteiger partial charge in [-0.15, -0.1) is 0 Å². The van der Waals surface area contributed by atoms with Crippen LogP contribution >= 0.6 is 0 Å². The van der Waals surface area contributed by atoms with Gasteiger partial charge in [0.25, 0.3) is 0 Å². The van der Waals surface area contributed by atoms with Crippen LogP contribution in [0.1, 0.15) is 119 Å². The van der Waals surface area contributed by atoms with Crippen LogP contribution in [0.15, 0.2) is 11.6 Å². The van der Waals surface area contributed by atoms with Crippen LogP contribution in [-0.4, -0.2) is 176 Å². The van der Waals surface area contributed by atoms with E-state index in [9.17, 15) is 45.3 Å². The predicted molar refractivity (Wildman–Crippen MR) is 243 cm³/mol. The summed E-state index contributed by atoms with van der Waals surface area (Å²) in [4.78, 5) is 23.6. The van der Waals surface area contributed by atoms with Crippen LogP contribution in [0.2, 0.25) is 0 Å². The molecule has 27 unspecified atom stereocenters. The number of rotatable bonds is 12. The first-order valence-corrected chi connectivity index (χ1v) is 26.1. The van der Waals surface area contributed by atoms with Gasteiger partial charge in [-0.1, -0.05) is 46.3 Å². The number of carbonyl (C=O) groups is 2. The third-order valence-electron chi connectivity index (χ3n) is 18.9. The quantitative estimate of drug-likeness (QED) is 0.103. The summed E-state index contributed by atoms with van der Waals surface area (Å²) >= 11 is 0. The minimum Gasteiger partial charge on any atom is -0.481 e. The van der Waals surface area contributed by atoms with E-state index in [-0.39, 0.29) is 35.9 Å². The van der Waals surface area contributed by atoms with Crippen molar-refractivity contribution in [2.75, 3.05) is 13.2 Å². The molecule has 3 saturated carbocycles. The molecule has 0 radical (unpaired) electrons. The molecule has 19 nitrogen and oxygen atoms in total. The van der Waals surface area contributed by atoms with Gasteiger partial charge in [0.1, 0.15) is 54.9 Å². The Balaban J connectivity index is 0.824. The van der Waals surface area contributed by atoms with Crippen LogP contribution in [0.5, 0.6) is 0 Å². The molecule has 8 N–H and O–H groups in total. The Morgan fingerprint density at radius 3 is 2.07 bits per heavy atom. The number of carboxylic acid groups (broad SMARTS) is 1. The number of hydrogen-bond donors (Lipinski definition) is 8. The van der Waals surface area contributed by atoms with Gasteiger partial charge in [-0.3, -0.25) is 9.59 Å². The van der Waals surface area contributed by atoms with E-state index >= 15 is 0 Å². The molecule has 70 heavy (non-hydrogen) atoms. The van der Waals surface area contributed by atoms with Gasteiger partial charge in [-0.05, 0) is 112 Å². The summed E-state index contributed by atoms with van der Waals surface area (Å²) in [6.45, 7) is 14.3. The molecule has 1 spiro atoms. The largest absolute Gasteiger partial charge is 0.481 e. The van der Waals surface area contributed by atoms with Crippen molar-refractivity contribution in [3.8, 4) is 0 Å². The van der Waals surface area contributed by atoms with Crippen molar-refractivity contribution in [2.45, 2.75) is 229 Å². The monoisotopic (exact) mass is 997 g/mol. The fourth-order valence-electron chi connectivity index (χ4n) is 15.0. The van der Waals surface area contributed by atoms with Crippen molar-refractivity contribution in [2.24, 2.45) is 52.3 Å². The Kier molecular flexibility index (Phi) is 15.4. The lowest BCUT2D eigenvalue weighted by Crippen LogP contribution is -2.66. The molecule has 19 heteroatoms. The van der Waals surface area contributed by atoms with Crippen molar-refractivity contribution in [1.82, 2.24) is 0 Å². The lowest BCUT2D eigenvalue weighted by atomic mass is 9.47. The van der Waals surface area contributed by atoms with E-state index in [1.807, 2.05) is 0 Å². The normalized spacial score (nSPS) is 52.7. The van der Waals surface area contributed by atoms with E-state index in [0.29, 0.717) is 48.3 Å². The van der Waals surface area contributed by atoms with E-state index in [1.54, 1.807) is 6.92 Å². The van der Waals surface area contributed by atoms with Crippen molar-refractivity contribution < 1.29 is 93.1 Å². The number of aliphatic hydroxyl groups is 7. The maximum absolute atomic E-state index is 12.5. The zero-order chi connectivity index (χ0) is 50.4. The van der Waals surface area contributed by atoms with Crippen LogP contribution < -0.4 is 0 Å². The molecule has 0 aromatic heterocycles. The van der Waals surface area contributed by atoms with Crippen molar-refractivity contribution in [3.05, 3.63) is 11.6 Å². The number of hydrogen-bond acceptors (Lipinski definition) is 18. The number of aliphatic carboxylic acids is 1. The smallest absolute Gasteiger partial charge is 0.306 e. The highest BCUT2D eigenvalue weighted by molar-refractivity contribution is 5.72. The molecule has 0 amide bonds. The van der Waals surface area contributed by atoms with Crippen LogP contribution in [0, 0.1) is 52.3 Å². The summed E-state index contributed by atoms with van der Waals surface area (Å²) < 4.78 is 55.5. The molecular weight excluding hydrogens is 917 g/mol. The molecule has 5 heterocycles. The fourth-order valence-corrected chi connectivity index (χ4v) is 15.0. The summed E-state index contributed by atoms with van der Waals surface area (Å²) in [6.07, 6.45) is -11.8. The lowest BCUT2D eigenvalue weighted by Gasteiger charge is -2.58. The van der Waals surface area contributed by atoms with Crippen LogP contribution in [0.25, 0.3) is 0 Å². The molecule has 9 aliphatic rings. The fraction of sp³-hybridized carbons (Fsp3) is 0.922. The SMILES string of the molecule is CC1CCC2(OC1)OC1CC3C4CC=C5CC(OC6OC(CO)C(O)C(O)C6OC6OC(C)C(OC7OC(C)C(OC(=O)CC(C)CC(=O)O)C(O)C7O)C(O)C6O)CCC5(C)C4CCC3(C)C1C2C. The van der Waals surface area contributed by atoms with Gasteiger partial charge in [0.2, 0.25) is 0 Å². The van der Waals surface area contributed by atoms with E-state index in [4.69, 9.17) is 47.7 Å². The Labute approximate surface area is 410 Å². The van der Waals surface area contributed by atoms with E-state index in [0.717, 1.165) is 51.6 Å². The average Bonchev–Trinajstić information content (AvgIpc) is 3.76.